The molecule has 1 fully saturated rings. The van der Waals surface area contributed by atoms with Crippen molar-refractivity contribution in [3.63, 3.8) is 0 Å². The number of rotatable bonds is 1. The molecule has 3 heteroatoms. The van der Waals surface area contributed by atoms with E-state index in [1.165, 1.54) is 5.37 Å². The molecule has 0 aromatic carbocycles. The van der Waals surface area contributed by atoms with Crippen LogP contribution in [0.4, 0.5) is 0 Å². The normalized spacial score (nSPS) is 27.5. The van der Waals surface area contributed by atoms with E-state index in [0.29, 0.717) is 6.42 Å². The monoisotopic (exact) mass is 130 g/mol. The van der Waals surface area contributed by atoms with Crippen LogP contribution in [0.1, 0.15) is 12.8 Å². The molecule has 0 amide bonds. The Morgan fingerprint density at radius 1 is 1.88 bits per heavy atom. The van der Waals surface area contributed by atoms with Crippen molar-refractivity contribution in [3.05, 3.63) is 0 Å². The summed E-state index contributed by atoms with van der Waals surface area (Å²) >= 11 is 4.56. The summed E-state index contributed by atoms with van der Waals surface area (Å²) in [5, 5.41) is 1.49. The molecule has 0 radical (unpaired) electrons. The zero-order valence-electron chi connectivity index (χ0n) is 4.29. The second-order valence-electron chi connectivity index (χ2n) is 1.70. The highest BCUT2D eigenvalue weighted by atomic mass is 32.1. The molecule has 1 unspecified atom stereocenters. The van der Waals surface area contributed by atoms with Crippen molar-refractivity contribution in [1.29, 1.82) is 0 Å². The second kappa shape index (κ2) is 2.22. The largest absolute Gasteiger partial charge is 0.457 e. The van der Waals surface area contributed by atoms with E-state index in [2.05, 4.69) is 12.2 Å². The molecule has 0 saturated carbocycles. The fourth-order valence-corrected chi connectivity index (χ4v) is 0.834. The quantitative estimate of drug-likeness (QED) is 0.386. The summed E-state index contributed by atoms with van der Waals surface area (Å²) in [5.41, 5.74) is 0. The summed E-state index contributed by atoms with van der Waals surface area (Å²) in [6.45, 7) is 0. The lowest BCUT2D eigenvalue weighted by Gasteiger charge is -1.96. The zero-order chi connectivity index (χ0) is 5.98. The SMILES string of the molecule is O=C1CCC(C=S)O1. The van der Waals surface area contributed by atoms with Gasteiger partial charge in [-0.1, -0.05) is 12.2 Å². The number of carbonyl (C=O) groups is 1. The van der Waals surface area contributed by atoms with Crippen LogP contribution in [0.3, 0.4) is 0 Å². The van der Waals surface area contributed by atoms with Crippen molar-refractivity contribution < 1.29 is 9.53 Å². The Kier molecular flexibility index (Phi) is 1.58. The summed E-state index contributed by atoms with van der Waals surface area (Å²) < 4.78 is 4.71. The third-order valence-corrected chi connectivity index (χ3v) is 1.37. The van der Waals surface area contributed by atoms with Gasteiger partial charge in [0, 0.05) is 11.8 Å². The van der Waals surface area contributed by atoms with Gasteiger partial charge >= 0.3 is 5.97 Å². The maximum absolute atomic E-state index is 10.3. The van der Waals surface area contributed by atoms with Gasteiger partial charge in [0.2, 0.25) is 0 Å². The van der Waals surface area contributed by atoms with E-state index >= 15 is 0 Å². The van der Waals surface area contributed by atoms with Gasteiger partial charge in [-0.3, -0.25) is 4.79 Å². The molecular formula is C5H6O2S. The standard InChI is InChI=1S/C5H6O2S/c6-5-2-1-4(3-8)7-5/h3-4H,1-2H2. The molecule has 2 nitrogen and oxygen atoms in total. The average Bonchev–Trinajstić information content (AvgIpc) is 2.14. The molecule has 1 aliphatic rings. The third-order valence-electron chi connectivity index (χ3n) is 1.07. The van der Waals surface area contributed by atoms with E-state index in [4.69, 9.17) is 4.74 Å². The molecule has 0 bridgehead atoms. The van der Waals surface area contributed by atoms with Crippen LogP contribution in [-0.2, 0) is 9.53 Å². The van der Waals surface area contributed by atoms with Crippen molar-refractivity contribution in [3.8, 4) is 0 Å². The minimum Gasteiger partial charge on any atom is -0.457 e. The summed E-state index contributed by atoms with van der Waals surface area (Å²) in [4.78, 5) is 10.3. The van der Waals surface area contributed by atoms with Crippen molar-refractivity contribution in [2.45, 2.75) is 18.9 Å². The van der Waals surface area contributed by atoms with Gasteiger partial charge in [-0.15, -0.1) is 0 Å². The van der Waals surface area contributed by atoms with Crippen LogP contribution in [-0.4, -0.2) is 17.4 Å². The predicted molar refractivity (Wildman–Crippen MR) is 32.8 cm³/mol. The average molecular weight is 130 g/mol. The molecule has 1 saturated heterocycles. The van der Waals surface area contributed by atoms with Crippen LogP contribution in [0, 0.1) is 0 Å². The van der Waals surface area contributed by atoms with Crippen molar-refractivity contribution in [1.82, 2.24) is 0 Å². The maximum atomic E-state index is 10.3. The Labute approximate surface area is 52.8 Å². The van der Waals surface area contributed by atoms with E-state index in [0.717, 1.165) is 6.42 Å². The highest BCUT2D eigenvalue weighted by molar-refractivity contribution is 7.79. The number of hydrogen-bond donors (Lipinski definition) is 0. The first kappa shape index (κ1) is 5.69. The van der Waals surface area contributed by atoms with Crippen molar-refractivity contribution in [2.24, 2.45) is 0 Å². The van der Waals surface area contributed by atoms with Crippen LogP contribution < -0.4 is 0 Å². The molecule has 0 aromatic rings. The predicted octanol–water partition coefficient (Wildman–Crippen LogP) is 0.692. The van der Waals surface area contributed by atoms with Crippen LogP contribution in [0.2, 0.25) is 0 Å². The van der Waals surface area contributed by atoms with Gasteiger partial charge < -0.3 is 4.74 Å². The van der Waals surface area contributed by atoms with Crippen LogP contribution in [0.25, 0.3) is 0 Å². The summed E-state index contributed by atoms with van der Waals surface area (Å²) in [7, 11) is 0. The van der Waals surface area contributed by atoms with Crippen molar-refractivity contribution in [2.75, 3.05) is 0 Å². The highest BCUT2D eigenvalue weighted by Gasteiger charge is 2.19. The lowest BCUT2D eigenvalue weighted by molar-refractivity contribution is -0.139. The van der Waals surface area contributed by atoms with Gasteiger partial charge in [-0.25, -0.2) is 0 Å². The first-order valence-electron chi connectivity index (χ1n) is 2.47. The third kappa shape index (κ3) is 1.04. The van der Waals surface area contributed by atoms with E-state index < -0.39 is 0 Å². The highest BCUT2D eigenvalue weighted by Crippen LogP contribution is 2.10. The molecule has 1 atom stereocenters. The number of esters is 1. The smallest absolute Gasteiger partial charge is 0.306 e. The molecule has 0 N–H and O–H groups in total. The van der Waals surface area contributed by atoms with Gasteiger partial charge in [0.25, 0.3) is 0 Å². The lowest BCUT2D eigenvalue weighted by Crippen LogP contribution is -2.05. The molecule has 1 rings (SSSR count). The minimum absolute atomic E-state index is 0.0856. The minimum atomic E-state index is -0.129. The Hall–Kier alpha value is -0.440. The molecule has 44 valence electrons. The zero-order valence-corrected chi connectivity index (χ0v) is 5.11. The number of ether oxygens (including phenoxy) is 1. The first-order valence-corrected chi connectivity index (χ1v) is 2.95. The Bertz CT molecular complexity index is 122. The molecule has 1 heterocycles. The number of cyclic esters (lactones) is 1. The Morgan fingerprint density at radius 2 is 2.62 bits per heavy atom. The van der Waals surface area contributed by atoms with Gasteiger partial charge in [-0.05, 0) is 6.42 Å². The first-order chi connectivity index (χ1) is 3.83. The maximum Gasteiger partial charge on any atom is 0.306 e. The topological polar surface area (TPSA) is 26.3 Å². The molecule has 0 aliphatic carbocycles. The summed E-state index contributed by atoms with van der Waals surface area (Å²) in [5.74, 6) is -0.129. The Morgan fingerprint density at radius 3 is 2.88 bits per heavy atom. The van der Waals surface area contributed by atoms with Gasteiger partial charge in [-0.2, -0.15) is 0 Å². The van der Waals surface area contributed by atoms with Crippen LogP contribution >= 0.6 is 12.2 Å². The molecule has 0 spiro atoms. The molecular weight excluding hydrogens is 124 g/mol. The van der Waals surface area contributed by atoms with Gasteiger partial charge in [0.1, 0.15) is 6.10 Å². The summed E-state index contributed by atoms with van der Waals surface area (Å²) in [6.07, 6.45) is 1.21. The summed E-state index contributed by atoms with van der Waals surface area (Å²) in [6, 6.07) is 0. The van der Waals surface area contributed by atoms with Gasteiger partial charge in [0.05, 0.1) is 0 Å². The van der Waals surface area contributed by atoms with Crippen LogP contribution in [0.5, 0.6) is 0 Å². The molecule has 1 aliphatic heterocycles. The fraction of sp³-hybridized carbons (Fsp3) is 0.600. The van der Waals surface area contributed by atoms with E-state index in [9.17, 15) is 4.79 Å². The molecule has 0 aromatic heterocycles. The van der Waals surface area contributed by atoms with Crippen LogP contribution in [0.15, 0.2) is 0 Å². The molecule has 8 heavy (non-hydrogen) atoms. The van der Waals surface area contributed by atoms with E-state index in [1.807, 2.05) is 0 Å². The van der Waals surface area contributed by atoms with E-state index in [-0.39, 0.29) is 12.1 Å². The number of thiocarbonyl (C=S) groups is 1. The van der Waals surface area contributed by atoms with E-state index in [1.54, 1.807) is 0 Å². The number of hydrogen-bond acceptors (Lipinski definition) is 3. The van der Waals surface area contributed by atoms with Crippen molar-refractivity contribution >= 4 is 23.6 Å². The second-order valence-corrected chi connectivity index (χ2v) is 1.98. The fourth-order valence-electron chi connectivity index (χ4n) is 0.643. The van der Waals surface area contributed by atoms with Gasteiger partial charge in [0.15, 0.2) is 0 Å². The Balaban J connectivity index is 2.43. The number of carbonyl (C=O) groups excluding carboxylic acids is 1. The lowest BCUT2D eigenvalue weighted by atomic mass is 10.3.